The van der Waals surface area contributed by atoms with Gasteiger partial charge >= 0.3 is 0 Å². The van der Waals surface area contributed by atoms with Gasteiger partial charge in [0.2, 0.25) is 0 Å². The summed E-state index contributed by atoms with van der Waals surface area (Å²) in [5.41, 5.74) is 1.66. The van der Waals surface area contributed by atoms with Crippen LogP contribution in [0.3, 0.4) is 0 Å². The van der Waals surface area contributed by atoms with Gasteiger partial charge in [0.1, 0.15) is 12.1 Å². The highest BCUT2D eigenvalue weighted by atomic mass is 19.1. The lowest BCUT2D eigenvalue weighted by Crippen LogP contribution is -2.20. The normalized spacial score (nSPS) is 11.3. The quantitative estimate of drug-likeness (QED) is 0.487. The summed E-state index contributed by atoms with van der Waals surface area (Å²) in [7, 11) is 0. The summed E-state index contributed by atoms with van der Waals surface area (Å²) in [6, 6.07) is 17.3. The SMILES string of the molecule is O=c1c2c(-c3ccccc3)n3ncnc3nc2ccn1-c1ccccc1F. The number of aromatic nitrogens is 5. The van der Waals surface area contributed by atoms with E-state index in [9.17, 15) is 9.18 Å². The lowest BCUT2D eigenvalue weighted by Gasteiger charge is -2.12. The number of fused-ring (bicyclic) bond motifs is 2. The average molecular weight is 357 g/mol. The molecule has 2 aromatic carbocycles. The van der Waals surface area contributed by atoms with Crippen LogP contribution >= 0.6 is 0 Å². The smallest absolute Gasteiger partial charge is 0.266 e. The maximum Gasteiger partial charge on any atom is 0.266 e. The second-order valence-corrected chi connectivity index (χ2v) is 6.00. The standard InChI is InChI=1S/C20H12FN5O/c21-14-8-4-5-9-16(14)25-11-10-15-17(19(25)27)18(13-6-2-1-3-7-13)26-20(24-15)22-12-23-26/h1-12H. The Bertz CT molecular complexity index is 1360. The van der Waals surface area contributed by atoms with Gasteiger partial charge in [0.15, 0.2) is 0 Å². The van der Waals surface area contributed by atoms with E-state index in [4.69, 9.17) is 0 Å². The molecular weight excluding hydrogens is 345 g/mol. The minimum absolute atomic E-state index is 0.182. The molecule has 130 valence electrons. The molecule has 0 bridgehead atoms. The molecule has 7 heteroatoms. The molecule has 0 fully saturated rings. The highest BCUT2D eigenvalue weighted by molar-refractivity contribution is 5.93. The summed E-state index contributed by atoms with van der Waals surface area (Å²) in [4.78, 5) is 21.9. The summed E-state index contributed by atoms with van der Waals surface area (Å²) in [5.74, 6) is -0.0839. The van der Waals surface area contributed by atoms with E-state index in [0.29, 0.717) is 22.4 Å². The summed E-state index contributed by atoms with van der Waals surface area (Å²) < 4.78 is 17.1. The van der Waals surface area contributed by atoms with E-state index < -0.39 is 5.82 Å². The van der Waals surface area contributed by atoms with Crippen molar-refractivity contribution in [3.63, 3.8) is 0 Å². The van der Waals surface area contributed by atoms with Crippen LogP contribution in [-0.2, 0) is 0 Å². The van der Waals surface area contributed by atoms with Crippen LogP contribution in [-0.4, -0.2) is 24.1 Å². The van der Waals surface area contributed by atoms with Crippen molar-refractivity contribution in [3.05, 3.63) is 89.4 Å². The summed E-state index contributed by atoms with van der Waals surface area (Å²) >= 11 is 0. The molecule has 0 aliphatic heterocycles. The maximum atomic E-state index is 14.3. The maximum absolute atomic E-state index is 14.3. The highest BCUT2D eigenvalue weighted by Gasteiger charge is 2.18. The topological polar surface area (TPSA) is 65.1 Å². The predicted octanol–water partition coefficient (Wildman–Crippen LogP) is 3.23. The van der Waals surface area contributed by atoms with E-state index in [1.165, 1.54) is 27.7 Å². The zero-order chi connectivity index (χ0) is 18.4. The Hall–Kier alpha value is -3.87. The van der Waals surface area contributed by atoms with Gasteiger partial charge in [0, 0.05) is 11.8 Å². The van der Waals surface area contributed by atoms with E-state index in [2.05, 4.69) is 15.1 Å². The molecule has 0 N–H and O–H groups in total. The third-order valence-electron chi connectivity index (χ3n) is 4.43. The largest absolute Gasteiger partial charge is 0.281 e. The first-order valence-electron chi connectivity index (χ1n) is 8.29. The first kappa shape index (κ1) is 15.4. The fourth-order valence-corrected chi connectivity index (χ4v) is 3.22. The fourth-order valence-electron chi connectivity index (χ4n) is 3.22. The van der Waals surface area contributed by atoms with E-state index in [-0.39, 0.29) is 11.2 Å². The van der Waals surface area contributed by atoms with Crippen molar-refractivity contribution in [2.24, 2.45) is 0 Å². The molecule has 27 heavy (non-hydrogen) atoms. The number of pyridine rings is 1. The number of hydrogen-bond donors (Lipinski definition) is 0. The van der Waals surface area contributed by atoms with Gasteiger partial charge < -0.3 is 0 Å². The van der Waals surface area contributed by atoms with Crippen LogP contribution in [0.5, 0.6) is 0 Å². The van der Waals surface area contributed by atoms with Gasteiger partial charge in [-0.3, -0.25) is 9.36 Å². The van der Waals surface area contributed by atoms with Crippen LogP contribution in [0.1, 0.15) is 0 Å². The van der Waals surface area contributed by atoms with Crippen molar-refractivity contribution in [1.29, 1.82) is 0 Å². The Morgan fingerprint density at radius 2 is 1.70 bits per heavy atom. The molecule has 0 saturated carbocycles. The first-order valence-corrected chi connectivity index (χ1v) is 8.29. The minimum atomic E-state index is -0.477. The molecule has 0 radical (unpaired) electrons. The molecule has 3 aromatic heterocycles. The molecule has 0 saturated heterocycles. The van der Waals surface area contributed by atoms with Crippen molar-refractivity contribution >= 4 is 16.7 Å². The predicted molar refractivity (Wildman–Crippen MR) is 99.3 cm³/mol. The molecule has 5 aromatic rings. The van der Waals surface area contributed by atoms with Gasteiger partial charge in [-0.15, -0.1) is 0 Å². The second-order valence-electron chi connectivity index (χ2n) is 6.00. The van der Waals surface area contributed by atoms with Crippen molar-refractivity contribution in [2.75, 3.05) is 0 Å². The molecule has 5 rings (SSSR count). The number of benzene rings is 2. The zero-order valence-corrected chi connectivity index (χ0v) is 14.0. The van der Waals surface area contributed by atoms with Gasteiger partial charge in [-0.2, -0.15) is 14.6 Å². The van der Waals surface area contributed by atoms with Gasteiger partial charge in [0.05, 0.1) is 22.3 Å². The Kier molecular flexibility index (Phi) is 3.33. The Balaban J connectivity index is 1.95. The second kappa shape index (κ2) is 5.84. The van der Waals surface area contributed by atoms with Gasteiger partial charge in [-0.1, -0.05) is 42.5 Å². The third-order valence-corrected chi connectivity index (χ3v) is 4.43. The zero-order valence-electron chi connectivity index (χ0n) is 14.0. The molecule has 0 unspecified atom stereocenters. The molecule has 0 atom stereocenters. The lowest BCUT2D eigenvalue weighted by molar-refractivity contribution is 0.616. The van der Waals surface area contributed by atoms with E-state index >= 15 is 0 Å². The van der Waals surface area contributed by atoms with Gasteiger partial charge in [-0.25, -0.2) is 9.37 Å². The van der Waals surface area contributed by atoms with E-state index in [1.807, 2.05) is 30.3 Å². The Labute approximate surface area is 152 Å². The van der Waals surface area contributed by atoms with Crippen molar-refractivity contribution < 1.29 is 4.39 Å². The Morgan fingerprint density at radius 1 is 0.926 bits per heavy atom. The summed E-state index contributed by atoms with van der Waals surface area (Å²) in [5, 5.41) is 4.58. The van der Waals surface area contributed by atoms with Crippen molar-refractivity contribution in [3.8, 4) is 16.9 Å². The number of hydrogen-bond acceptors (Lipinski definition) is 4. The average Bonchev–Trinajstić information content (AvgIpc) is 3.16. The van der Waals surface area contributed by atoms with E-state index in [0.717, 1.165) is 5.56 Å². The number of nitrogens with zero attached hydrogens (tertiary/aromatic N) is 5. The molecule has 0 spiro atoms. The van der Waals surface area contributed by atoms with Crippen molar-refractivity contribution in [2.45, 2.75) is 0 Å². The summed E-state index contributed by atoms with van der Waals surface area (Å²) in [6.07, 6.45) is 2.92. The molecule has 3 heterocycles. The summed E-state index contributed by atoms with van der Waals surface area (Å²) in [6.45, 7) is 0. The number of para-hydroxylation sites is 1. The van der Waals surface area contributed by atoms with Crippen LogP contribution in [0.2, 0.25) is 0 Å². The van der Waals surface area contributed by atoms with E-state index in [1.54, 1.807) is 24.3 Å². The molecule has 0 aliphatic carbocycles. The van der Waals surface area contributed by atoms with Crippen LogP contribution in [0, 0.1) is 5.82 Å². The van der Waals surface area contributed by atoms with Crippen LogP contribution < -0.4 is 5.56 Å². The minimum Gasteiger partial charge on any atom is -0.281 e. The Morgan fingerprint density at radius 3 is 2.52 bits per heavy atom. The molecule has 0 amide bonds. The van der Waals surface area contributed by atoms with Gasteiger partial charge in [-0.05, 0) is 18.2 Å². The first-order chi connectivity index (χ1) is 13.2. The van der Waals surface area contributed by atoms with Crippen LogP contribution in [0.15, 0.2) is 78.0 Å². The number of rotatable bonds is 2. The molecule has 6 nitrogen and oxygen atoms in total. The number of halogens is 1. The molecular formula is C20H12FN5O. The fraction of sp³-hybridized carbons (Fsp3) is 0. The monoisotopic (exact) mass is 357 g/mol. The third kappa shape index (κ3) is 2.32. The van der Waals surface area contributed by atoms with Gasteiger partial charge in [0.25, 0.3) is 11.3 Å². The molecule has 0 aliphatic rings. The van der Waals surface area contributed by atoms with Crippen LogP contribution in [0.4, 0.5) is 4.39 Å². The van der Waals surface area contributed by atoms with Crippen molar-refractivity contribution in [1.82, 2.24) is 24.1 Å². The lowest BCUT2D eigenvalue weighted by atomic mass is 10.1. The van der Waals surface area contributed by atoms with Crippen LogP contribution in [0.25, 0.3) is 33.6 Å². The highest BCUT2D eigenvalue weighted by Crippen LogP contribution is 2.26.